The van der Waals surface area contributed by atoms with E-state index in [-0.39, 0.29) is 0 Å². The molecule has 20 heavy (non-hydrogen) atoms. The highest BCUT2D eigenvalue weighted by Gasteiger charge is 2.17. The second-order valence-electron chi connectivity index (χ2n) is 6.08. The zero-order chi connectivity index (χ0) is 14.4. The first-order valence-electron chi connectivity index (χ1n) is 7.62. The zero-order valence-corrected chi connectivity index (χ0v) is 12.9. The minimum atomic E-state index is 0.299. The van der Waals surface area contributed by atoms with E-state index in [0.29, 0.717) is 12.0 Å². The molecule has 0 aliphatic carbocycles. The van der Waals surface area contributed by atoms with Crippen LogP contribution in [0.5, 0.6) is 0 Å². The first-order valence-corrected chi connectivity index (χ1v) is 7.62. The van der Waals surface area contributed by atoms with E-state index in [1.165, 1.54) is 0 Å². The summed E-state index contributed by atoms with van der Waals surface area (Å²) >= 11 is 0. The number of aromatic nitrogens is 1. The van der Waals surface area contributed by atoms with Crippen molar-refractivity contribution in [3.05, 3.63) is 17.5 Å². The first-order chi connectivity index (χ1) is 9.63. The predicted molar refractivity (Wildman–Crippen MR) is 78.4 cm³/mol. The summed E-state index contributed by atoms with van der Waals surface area (Å²) in [5, 5.41) is 7.50. The molecule has 1 aromatic heterocycles. The summed E-state index contributed by atoms with van der Waals surface area (Å²) in [5.74, 6) is 1.60. The molecule has 1 aliphatic heterocycles. The lowest BCUT2D eigenvalue weighted by Gasteiger charge is -2.19. The fourth-order valence-corrected chi connectivity index (χ4v) is 2.45. The van der Waals surface area contributed by atoms with Crippen LogP contribution in [0.25, 0.3) is 0 Å². The minimum absolute atomic E-state index is 0.299. The highest BCUT2D eigenvalue weighted by molar-refractivity contribution is 5.05. The molecule has 1 saturated heterocycles. The van der Waals surface area contributed by atoms with Crippen LogP contribution in [-0.2, 0) is 17.8 Å². The lowest BCUT2D eigenvalue weighted by atomic mass is 10.2. The fourth-order valence-electron chi connectivity index (χ4n) is 2.45. The number of nitrogens with one attached hydrogen (secondary N) is 1. The van der Waals surface area contributed by atoms with Gasteiger partial charge in [0.2, 0.25) is 0 Å². The van der Waals surface area contributed by atoms with Crippen molar-refractivity contribution < 1.29 is 9.26 Å². The summed E-state index contributed by atoms with van der Waals surface area (Å²) < 4.78 is 11.1. The minimum Gasteiger partial charge on any atom is -0.377 e. The molecule has 0 radical (unpaired) electrons. The van der Waals surface area contributed by atoms with Gasteiger partial charge in [-0.2, -0.15) is 0 Å². The molecule has 1 unspecified atom stereocenters. The molecule has 1 fully saturated rings. The Hall–Kier alpha value is -0.910. The van der Waals surface area contributed by atoms with Crippen LogP contribution in [0.3, 0.4) is 0 Å². The Morgan fingerprint density at radius 1 is 1.50 bits per heavy atom. The number of hydrogen-bond acceptors (Lipinski definition) is 5. The van der Waals surface area contributed by atoms with Crippen molar-refractivity contribution in [2.24, 2.45) is 5.92 Å². The van der Waals surface area contributed by atoms with Gasteiger partial charge in [0.1, 0.15) is 0 Å². The average molecular weight is 281 g/mol. The van der Waals surface area contributed by atoms with Gasteiger partial charge in [-0.25, -0.2) is 0 Å². The van der Waals surface area contributed by atoms with Gasteiger partial charge in [-0.3, -0.25) is 4.90 Å². The van der Waals surface area contributed by atoms with E-state index in [1.807, 2.05) is 0 Å². The van der Waals surface area contributed by atoms with E-state index in [9.17, 15) is 0 Å². The number of rotatable bonds is 6. The van der Waals surface area contributed by atoms with E-state index in [2.05, 4.69) is 42.2 Å². The Bertz CT molecular complexity index is 392. The van der Waals surface area contributed by atoms with Gasteiger partial charge in [0, 0.05) is 32.3 Å². The average Bonchev–Trinajstić information content (AvgIpc) is 2.71. The maximum atomic E-state index is 5.65. The van der Waals surface area contributed by atoms with Crippen LogP contribution >= 0.6 is 0 Å². The van der Waals surface area contributed by atoms with E-state index in [1.54, 1.807) is 0 Å². The molecule has 1 atom stereocenters. The number of ether oxygens (including phenoxy) is 1. The molecule has 5 nitrogen and oxygen atoms in total. The van der Waals surface area contributed by atoms with Crippen molar-refractivity contribution in [2.45, 2.75) is 46.4 Å². The van der Waals surface area contributed by atoms with Gasteiger partial charge >= 0.3 is 0 Å². The molecule has 0 saturated carbocycles. The maximum Gasteiger partial charge on any atom is 0.151 e. The standard InChI is InChI=1S/C15H27N3O2/c1-12(2)8-16-9-14-7-15(20-17-14)11-18-5-4-6-19-13(3)10-18/h7,12-13,16H,4-6,8-11H2,1-3H3. The number of nitrogens with zero attached hydrogens (tertiary/aromatic N) is 2. The van der Waals surface area contributed by atoms with E-state index < -0.39 is 0 Å². The molecular weight excluding hydrogens is 254 g/mol. The van der Waals surface area contributed by atoms with Crippen LogP contribution < -0.4 is 5.32 Å². The largest absolute Gasteiger partial charge is 0.377 e. The van der Waals surface area contributed by atoms with Crippen molar-refractivity contribution in [1.82, 2.24) is 15.4 Å². The summed E-state index contributed by atoms with van der Waals surface area (Å²) in [6, 6.07) is 2.06. The van der Waals surface area contributed by atoms with Crippen molar-refractivity contribution >= 4 is 0 Å². The molecule has 0 aromatic carbocycles. The zero-order valence-electron chi connectivity index (χ0n) is 12.9. The third kappa shape index (κ3) is 5.23. The van der Waals surface area contributed by atoms with Crippen molar-refractivity contribution in [1.29, 1.82) is 0 Å². The quantitative estimate of drug-likeness (QED) is 0.864. The van der Waals surface area contributed by atoms with Gasteiger partial charge in [0.15, 0.2) is 5.76 Å². The molecule has 1 aromatic rings. The van der Waals surface area contributed by atoms with Crippen molar-refractivity contribution in [2.75, 3.05) is 26.2 Å². The van der Waals surface area contributed by atoms with E-state index in [0.717, 1.165) is 57.2 Å². The molecule has 114 valence electrons. The third-order valence-corrected chi connectivity index (χ3v) is 3.38. The van der Waals surface area contributed by atoms with Gasteiger partial charge in [-0.15, -0.1) is 0 Å². The summed E-state index contributed by atoms with van der Waals surface area (Å²) in [5.41, 5.74) is 0.986. The highest BCUT2D eigenvalue weighted by Crippen LogP contribution is 2.11. The van der Waals surface area contributed by atoms with Crippen molar-refractivity contribution in [3.8, 4) is 0 Å². The van der Waals surface area contributed by atoms with Crippen LogP contribution in [0.15, 0.2) is 10.6 Å². The molecule has 0 spiro atoms. The molecule has 1 aliphatic rings. The van der Waals surface area contributed by atoms with Gasteiger partial charge in [-0.05, 0) is 25.8 Å². The second kappa shape index (κ2) is 7.76. The Labute approximate surface area is 121 Å². The van der Waals surface area contributed by atoms with Crippen LogP contribution in [-0.4, -0.2) is 42.4 Å². The van der Waals surface area contributed by atoms with Gasteiger partial charge in [-0.1, -0.05) is 19.0 Å². The second-order valence-corrected chi connectivity index (χ2v) is 6.08. The summed E-state index contributed by atoms with van der Waals surface area (Å²) in [6.07, 6.45) is 1.38. The topological polar surface area (TPSA) is 50.5 Å². The molecule has 5 heteroatoms. The van der Waals surface area contributed by atoms with Gasteiger partial charge in [0.05, 0.1) is 18.3 Å². The maximum absolute atomic E-state index is 5.65. The third-order valence-electron chi connectivity index (χ3n) is 3.38. The molecule has 0 bridgehead atoms. The summed E-state index contributed by atoms with van der Waals surface area (Å²) in [4.78, 5) is 2.38. The van der Waals surface area contributed by atoms with Crippen LogP contribution in [0.2, 0.25) is 0 Å². The Morgan fingerprint density at radius 3 is 3.15 bits per heavy atom. The molecule has 2 rings (SSSR count). The number of hydrogen-bond donors (Lipinski definition) is 1. The van der Waals surface area contributed by atoms with E-state index >= 15 is 0 Å². The van der Waals surface area contributed by atoms with E-state index in [4.69, 9.17) is 9.26 Å². The molecule has 0 amide bonds. The SMILES string of the molecule is CC(C)CNCc1cc(CN2CCCOC(C)C2)on1. The Balaban J connectivity index is 1.79. The predicted octanol–water partition coefficient (Wildman–Crippen LogP) is 2.03. The van der Waals surface area contributed by atoms with Crippen molar-refractivity contribution in [3.63, 3.8) is 0 Å². The lowest BCUT2D eigenvalue weighted by molar-refractivity contribution is 0.0655. The molecule has 2 heterocycles. The van der Waals surface area contributed by atoms with Crippen LogP contribution in [0, 0.1) is 5.92 Å². The Morgan fingerprint density at radius 2 is 2.35 bits per heavy atom. The van der Waals surface area contributed by atoms with Crippen LogP contribution in [0.4, 0.5) is 0 Å². The van der Waals surface area contributed by atoms with Crippen LogP contribution in [0.1, 0.15) is 38.6 Å². The monoisotopic (exact) mass is 281 g/mol. The Kier molecular flexibility index (Phi) is 6.01. The van der Waals surface area contributed by atoms with Gasteiger partial charge in [0.25, 0.3) is 0 Å². The van der Waals surface area contributed by atoms with Gasteiger partial charge < -0.3 is 14.6 Å². The lowest BCUT2D eigenvalue weighted by Crippen LogP contribution is -2.29. The summed E-state index contributed by atoms with van der Waals surface area (Å²) in [7, 11) is 0. The highest BCUT2D eigenvalue weighted by atomic mass is 16.5. The first kappa shape index (κ1) is 15.5. The molecule has 1 N–H and O–H groups in total. The molecular formula is C15H27N3O2. The fraction of sp³-hybridized carbons (Fsp3) is 0.800. The smallest absolute Gasteiger partial charge is 0.151 e. The summed E-state index contributed by atoms with van der Waals surface area (Å²) in [6.45, 7) is 12.0. The normalized spacial score (nSPS) is 21.3.